The minimum Gasteiger partial charge on any atom is -0.370 e. The Morgan fingerprint density at radius 2 is 2.11 bits per heavy atom. The van der Waals surface area contributed by atoms with Crippen molar-refractivity contribution in [1.29, 1.82) is 5.26 Å². The van der Waals surface area contributed by atoms with Gasteiger partial charge in [-0.15, -0.1) is 0 Å². The molecule has 200 valence electrons. The van der Waals surface area contributed by atoms with Crippen LogP contribution in [0.15, 0.2) is 24.4 Å². The van der Waals surface area contributed by atoms with E-state index in [9.17, 15) is 10.1 Å². The third-order valence-corrected chi connectivity index (χ3v) is 8.59. The van der Waals surface area contributed by atoms with Gasteiger partial charge in [-0.05, 0) is 62.8 Å². The first-order valence-corrected chi connectivity index (χ1v) is 13.9. The summed E-state index contributed by atoms with van der Waals surface area (Å²) >= 11 is 12.6. The minimum atomic E-state index is -0.272. The summed E-state index contributed by atoms with van der Waals surface area (Å²) in [5, 5.41) is 15.3. The SMILES string of the molecule is C[C@@H]1CN(c2cnc3c(C#N)nn([C@H](C)c4ccc(Cl)cc4Cl)c3n2)CCC1N1CCC[C@H]1CCC(N)=O. The standard InChI is InChI=1S/C27H32Cl2N8O/c1-16-15-35(11-9-23(16)36-10-3-4-19(36)6-8-24(31)38)25-14-32-26-22(13-30)34-37(27(26)33-25)17(2)20-7-5-18(28)12-21(20)29/h5,7,12,14,16-17,19,23H,3-4,6,8-11,15H2,1-2H3,(H2,31,38)/t16-,17-,19+,23?/m1/s1. The van der Waals surface area contributed by atoms with Crippen LogP contribution in [0.4, 0.5) is 5.82 Å². The molecule has 4 atom stereocenters. The highest BCUT2D eigenvalue weighted by atomic mass is 35.5. The van der Waals surface area contributed by atoms with Gasteiger partial charge in [-0.25, -0.2) is 14.6 Å². The molecule has 9 nitrogen and oxygen atoms in total. The lowest BCUT2D eigenvalue weighted by Gasteiger charge is -2.43. The van der Waals surface area contributed by atoms with Crippen LogP contribution < -0.4 is 10.6 Å². The predicted molar refractivity (Wildman–Crippen MR) is 148 cm³/mol. The van der Waals surface area contributed by atoms with Crippen LogP contribution in [0, 0.1) is 17.2 Å². The largest absolute Gasteiger partial charge is 0.370 e. The lowest BCUT2D eigenvalue weighted by Crippen LogP contribution is -2.52. The lowest BCUT2D eigenvalue weighted by atomic mass is 9.91. The van der Waals surface area contributed by atoms with Crippen molar-refractivity contribution < 1.29 is 4.79 Å². The van der Waals surface area contributed by atoms with Crippen LogP contribution in [0.5, 0.6) is 0 Å². The van der Waals surface area contributed by atoms with E-state index in [0.29, 0.717) is 45.6 Å². The number of piperidine rings is 1. The second-order valence-electron chi connectivity index (χ2n) is 10.5. The number of carbonyl (C=O) groups is 1. The number of nitrogens with two attached hydrogens (primary N) is 1. The zero-order valence-electron chi connectivity index (χ0n) is 21.6. The number of hydrogen-bond acceptors (Lipinski definition) is 7. The van der Waals surface area contributed by atoms with E-state index >= 15 is 0 Å². The summed E-state index contributed by atoms with van der Waals surface area (Å²) in [7, 11) is 0. The number of halogens is 2. The molecule has 1 amide bonds. The molecular formula is C27H32Cl2N8O. The van der Waals surface area contributed by atoms with Gasteiger partial charge in [0, 0.05) is 41.6 Å². The number of hydrogen-bond donors (Lipinski definition) is 1. The van der Waals surface area contributed by atoms with Crippen LogP contribution in [0.1, 0.15) is 63.3 Å². The monoisotopic (exact) mass is 554 g/mol. The third-order valence-electron chi connectivity index (χ3n) is 8.03. The van der Waals surface area contributed by atoms with Gasteiger partial charge in [-0.2, -0.15) is 10.4 Å². The van der Waals surface area contributed by atoms with Crippen LogP contribution >= 0.6 is 23.2 Å². The van der Waals surface area contributed by atoms with Crippen LogP contribution in [0.25, 0.3) is 11.2 Å². The first kappa shape index (κ1) is 26.7. The van der Waals surface area contributed by atoms with Gasteiger partial charge in [0.05, 0.1) is 12.2 Å². The van der Waals surface area contributed by atoms with Crippen molar-refractivity contribution in [2.24, 2.45) is 11.7 Å². The molecule has 5 rings (SSSR count). The van der Waals surface area contributed by atoms with Crippen LogP contribution in [0.3, 0.4) is 0 Å². The summed E-state index contributed by atoms with van der Waals surface area (Å²) in [6.45, 7) is 7.03. The van der Waals surface area contributed by atoms with E-state index in [4.69, 9.17) is 33.9 Å². The van der Waals surface area contributed by atoms with Crippen LogP contribution in [0.2, 0.25) is 10.0 Å². The molecule has 2 N–H and O–H groups in total. The van der Waals surface area contributed by atoms with Gasteiger partial charge in [0.1, 0.15) is 17.4 Å². The van der Waals surface area contributed by atoms with Crippen LogP contribution in [-0.2, 0) is 4.79 Å². The molecule has 0 saturated carbocycles. The number of nitrogens with zero attached hydrogens (tertiary/aromatic N) is 7. The fourth-order valence-corrected chi connectivity index (χ4v) is 6.68. The minimum absolute atomic E-state index is 0.222. The van der Waals surface area contributed by atoms with E-state index in [-0.39, 0.29) is 17.6 Å². The maximum absolute atomic E-state index is 11.3. The van der Waals surface area contributed by atoms with Crippen molar-refractivity contribution in [3.8, 4) is 6.07 Å². The summed E-state index contributed by atoms with van der Waals surface area (Å²) in [6, 6.07) is 8.13. The number of likely N-dealkylation sites (tertiary alicyclic amines) is 1. The van der Waals surface area contributed by atoms with E-state index in [1.807, 2.05) is 13.0 Å². The van der Waals surface area contributed by atoms with E-state index in [1.165, 1.54) is 6.42 Å². The Morgan fingerprint density at radius 1 is 1.29 bits per heavy atom. The fourth-order valence-electron chi connectivity index (χ4n) is 6.12. The maximum Gasteiger partial charge on any atom is 0.217 e. The Bertz CT molecular complexity index is 1390. The Hall–Kier alpha value is -2.93. The average Bonchev–Trinajstić information content (AvgIpc) is 3.51. The van der Waals surface area contributed by atoms with E-state index < -0.39 is 0 Å². The molecule has 0 spiro atoms. The molecule has 0 radical (unpaired) electrons. The van der Waals surface area contributed by atoms with Crippen molar-refractivity contribution in [2.75, 3.05) is 24.5 Å². The molecule has 4 heterocycles. The zero-order valence-corrected chi connectivity index (χ0v) is 23.2. The van der Waals surface area contributed by atoms with Crippen LogP contribution in [-0.4, -0.2) is 62.3 Å². The van der Waals surface area contributed by atoms with Gasteiger partial charge >= 0.3 is 0 Å². The number of nitriles is 1. The summed E-state index contributed by atoms with van der Waals surface area (Å²) in [6.07, 6.45) is 6.33. The van der Waals surface area contributed by atoms with Crippen molar-refractivity contribution in [1.82, 2.24) is 24.6 Å². The second kappa shape index (κ2) is 11.0. The Morgan fingerprint density at radius 3 is 2.82 bits per heavy atom. The molecule has 2 aromatic heterocycles. The van der Waals surface area contributed by atoms with E-state index in [2.05, 4.69) is 32.9 Å². The number of amides is 1. The van der Waals surface area contributed by atoms with Gasteiger partial charge in [-0.1, -0.05) is 36.2 Å². The van der Waals surface area contributed by atoms with Gasteiger partial charge in [0.25, 0.3) is 0 Å². The molecular weight excluding hydrogens is 523 g/mol. The maximum atomic E-state index is 11.3. The summed E-state index contributed by atoms with van der Waals surface area (Å²) in [5.41, 5.74) is 7.52. The van der Waals surface area contributed by atoms with Gasteiger partial charge in [0.15, 0.2) is 11.3 Å². The number of carbonyl (C=O) groups excluding carboxylic acids is 1. The summed E-state index contributed by atoms with van der Waals surface area (Å²) in [4.78, 5) is 25.8. The normalized spacial score (nSPS) is 23.0. The molecule has 1 aromatic carbocycles. The van der Waals surface area contributed by atoms with Gasteiger partial charge < -0.3 is 10.6 Å². The smallest absolute Gasteiger partial charge is 0.217 e. The Labute approximate surface area is 232 Å². The predicted octanol–water partition coefficient (Wildman–Crippen LogP) is 4.56. The first-order valence-electron chi connectivity index (χ1n) is 13.2. The number of fused-ring (bicyclic) bond motifs is 1. The molecule has 38 heavy (non-hydrogen) atoms. The van der Waals surface area contributed by atoms with Gasteiger partial charge in [-0.3, -0.25) is 9.69 Å². The topological polar surface area (TPSA) is 117 Å². The van der Waals surface area contributed by atoms with Gasteiger partial charge in [0.2, 0.25) is 5.91 Å². The number of rotatable bonds is 7. The molecule has 2 saturated heterocycles. The first-order chi connectivity index (χ1) is 18.3. The van der Waals surface area contributed by atoms with Crippen molar-refractivity contribution in [2.45, 2.75) is 64.1 Å². The molecule has 1 unspecified atom stereocenters. The Kier molecular flexibility index (Phi) is 7.75. The molecule has 2 aliphatic rings. The summed E-state index contributed by atoms with van der Waals surface area (Å²) < 4.78 is 1.73. The lowest BCUT2D eigenvalue weighted by molar-refractivity contribution is -0.118. The van der Waals surface area contributed by atoms with E-state index in [1.54, 1.807) is 23.0 Å². The number of aromatic nitrogens is 4. The molecule has 0 bridgehead atoms. The highest BCUT2D eigenvalue weighted by Crippen LogP contribution is 2.34. The molecule has 3 aromatic rings. The number of anilines is 1. The van der Waals surface area contributed by atoms with Crippen molar-refractivity contribution >= 4 is 46.1 Å². The molecule has 0 aliphatic carbocycles. The molecule has 2 fully saturated rings. The number of primary amides is 1. The third kappa shape index (κ3) is 5.18. The average molecular weight is 556 g/mol. The Balaban J connectivity index is 1.38. The zero-order chi connectivity index (χ0) is 27.0. The molecule has 2 aliphatic heterocycles. The number of benzene rings is 1. The molecule has 11 heteroatoms. The van der Waals surface area contributed by atoms with Crippen molar-refractivity contribution in [3.63, 3.8) is 0 Å². The summed E-state index contributed by atoms with van der Waals surface area (Å²) in [5.74, 6) is 0.969. The fraction of sp³-hybridized carbons (Fsp3) is 0.519. The van der Waals surface area contributed by atoms with E-state index in [0.717, 1.165) is 50.3 Å². The highest BCUT2D eigenvalue weighted by Gasteiger charge is 2.37. The van der Waals surface area contributed by atoms with Crippen molar-refractivity contribution in [3.05, 3.63) is 45.7 Å². The second-order valence-corrected chi connectivity index (χ2v) is 11.3. The quantitative estimate of drug-likeness (QED) is 0.454. The highest BCUT2D eigenvalue weighted by molar-refractivity contribution is 6.35.